The van der Waals surface area contributed by atoms with Crippen LogP contribution in [-0.4, -0.2) is 0 Å². The van der Waals surface area contributed by atoms with Crippen molar-refractivity contribution in [1.82, 2.24) is 0 Å². The fourth-order valence-corrected chi connectivity index (χ4v) is 3.40. The van der Waals surface area contributed by atoms with Crippen LogP contribution in [0.3, 0.4) is 0 Å². The molecule has 2 fully saturated rings. The molecule has 0 radical (unpaired) electrons. The molecule has 1 aromatic carbocycles. The van der Waals surface area contributed by atoms with Crippen molar-refractivity contribution < 1.29 is 8.78 Å². The first-order valence-corrected chi connectivity index (χ1v) is 5.88. The van der Waals surface area contributed by atoms with Crippen LogP contribution in [-0.2, 0) is 0 Å². The van der Waals surface area contributed by atoms with E-state index in [9.17, 15) is 8.78 Å². The molecule has 86 valence electrons. The average Bonchev–Trinajstić information content (AvgIpc) is 2.68. The standard InChI is InChI=1S/C13H15F2N/c14-8-4-7(5-9(15)6-8)13(16)12-10-2-1-3-11(10)12/h4-6,10-13H,1-3,16H2. The van der Waals surface area contributed by atoms with E-state index in [0.717, 1.165) is 6.07 Å². The van der Waals surface area contributed by atoms with Crippen LogP contribution in [0.25, 0.3) is 0 Å². The molecule has 0 aromatic heterocycles. The maximum atomic E-state index is 13.1. The number of nitrogens with two attached hydrogens (primary N) is 1. The van der Waals surface area contributed by atoms with Gasteiger partial charge in [-0.25, -0.2) is 8.78 Å². The number of hydrogen-bond donors (Lipinski definition) is 1. The van der Waals surface area contributed by atoms with Crippen LogP contribution < -0.4 is 5.73 Å². The summed E-state index contributed by atoms with van der Waals surface area (Å²) in [5, 5.41) is 0. The Bertz CT molecular complexity index is 388. The second-order valence-corrected chi connectivity index (χ2v) is 5.06. The number of halogens is 2. The highest BCUT2D eigenvalue weighted by atomic mass is 19.1. The van der Waals surface area contributed by atoms with Gasteiger partial charge in [0.05, 0.1) is 0 Å². The van der Waals surface area contributed by atoms with E-state index in [1.807, 2.05) is 0 Å². The fourth-order valence-electron chi connectivity index (χ4n) is 3.40. The third-order valence-electron chi connectivity index (χ3n) is 4.16. The molecule has 2 aliphatic carbocycles. The number of benzene rings is 1. The summed E-state index contributed by atoms with van der Waals surface area (Å²) in [4.78, 5) is 0. The summed E-state index contributed by atoms with van der Waals surface area (Å²) in [6.45, 7) is 0. The van der Waals surface area contributed by atoms with Crippen LogP contribution in [0.1, 0.15) is 30.9 Å². The van der Waals surface area contributed by atoms with Crippen LogP contribution in [0.5, 0.6) is 0 Å². The summed E-state index contributed by atoms with van der Waals surface area (Å²) in [5.41, 5.74) is 6.70. The van der Waals surface area contributed by atoms with Gasteiger partial charge >= 0.3 is 0 Å². The van der Waals surface area contributed by atoms with Gasteiger partial charge in [0.15, 0.2) is 0 Å². The smallest absolute Gasteiger partial charge is 0.126 e. The van der Waals surface area contributed by atoms with Crippen molar-refractivity contribution in [2.45, 2.75) is 25.3 Å². The normalized spacial score (nSPS) is 33.6. The lowest BCUT2D eigenvalue weighted by molar-refractivity contribution is 0.494. The molecule has 0 aliphatic heterocycles. The Labute approximate surface area is 93.6 Å². The largest absolute Gasteiger partial charge is 0.324 e. The third kappa shape index (κ3) is 1.54. The van der Waals surface area contributed by atoms with Gasteiger partial charge in [-0.15, -0.1) is 0 Å². The molecule has 1 aromatic rings. The SMILES string of the molecule is NC(c1cc(F)cc(F)c1)C1C2CCCC21. The molecular weight excluding hydrogens is 208 g/mol. The van der Waals surface area contributed by atoms with Crippen LogP contribution in [0.15, 0.2) is 18.2 Å². The van der Waals surface area contributed by atoms with E-state index in [-0.39, 0.29) is 6.04 Å². The maximum Gasteiger partial charge on any atom is 0.126 e. The molecule has 2 saturated carbocycles. The van der Waals surface area contributed by atoms with E-state index in [1.54, 1.807) is 0 Å². The lowest BCUT2D eigenvalue weighted by atomic mass is 9.97. The van der Waals surface area contributed by atoms with E-state index in [4.69, 9.17) is 5.73 Å². The molecule has 0 bridgehead atoms. The Morgan fingerprint density at radius 2 is 1.62 bits per heavy atom. The lowest BCUT2D eigenvalue weighted by Gasteiger charge is -2.14. The van der Waals surface area contributed by atoms with Crippen molar-refractivity contribution in [2.75, 3.05) is 0 Å². The second kappa shape index (κ2) is 3.52. The molecule has 0 heterocycles. The first-order chi connectivity index (χ1) is 7.66. The second-order valence-electron chi connectivity index (χ2n) is 5.06. The molecule has 1 nitrogen and oxygen atoms in total. The van der Waals surface area contributed by atoms with Crippen molar-refractivity contribution >= 4 is 0 Å². The van der Waals surface area contributed by atoms with Gasteiger partial charge in [0.2, 0.25) is 0 Å². The zero-order valence-corrected chi connectivity index (χ0v) is 9.00. The van der Waals surface area contributed by atoms with Crippen molar-refractivity contribution in [1.29, 1.82) is 0 Å². The third-order valence-corrected chi connectivity index (χ3v) is 4.16. The lowest BCUT2D eigenvalue weighted by Crippen LogP contribution is -2.16. The maximum absolute atomic E-state index is 13.1. The zero-order valence-electron chi connectivity index (χ0n) is 9.00. The molecule has 3 heteroatoms. The molecular formula is C13H15F2N. The van der Waals surface area contributed by atoms with E-state index < -0.39 is 11.6 Å². The molecule has 3 atom stereocenters. The summed E-state index contributed by atoms with van der Waals surface area (Å²) >= 11 is 0. The number of rotatable bonds is 2. The van der Waals surface area contributed by atoms with Crippen molar-refractivity contribution in [3.63, 3.8) is 0 Å². The number of hydrogen-bond acceptors (Lipinski definition) is 1. The quantitative estimate of drug-likeness (QED) is 0.819. The van der Waals surface area contributed by atoms with Gasteiger partial charge in [0.25, 0.3) is 0 Å². The van der Waals surface area contributed by atoms with Crippen LogP contribution >= 0.6 is 0 Å². The Balaban J connectivity index is 1.81. The molecule has 2 aliphatic rings. The van der Waals surface area contributed by atoms with E-state index in [1.165, 1.54) is 31.4 Å². The Morgan fingerprint density at radius 1 is 1.06 bits per heavy atom. The van der Waals surface area contributed by atoms with Crippen molar-refractivity contribution in [3.8, 4) is 0 Å². The zero-order chi connectivity index (χ0) is 11.3. The average molecular weight is 223 g/mol. The van der Waals surface area contributed by atoms with Crippen molar-refractivity contribution in [3.05, 3.63) is 35.4 Å². The van der Waals surface area contributed by atoms with Crippen LogP contribution in [0.2, 0.25) is 0 Å². The first-order valence-electron chi connectivity index (χ1n) is 5.88. The minimum absolute atomic E-state index is 0.194. The molecule has 0 amide bonds. The summed E-state index contributed by atoms with van der Waals surface area (Å²) < 4.78 is 26.1. The predicted octanol–water partition coefficient (Wildman–Crippen LogP) is 3.01. The molecule has 16 heavy (non-hydrogen) atoms. The van der Waals surface area contributed by atoms with Gasteiger partial charge in [0.1, 0.15) is 11.6 Å². The Morgan fingerprint density at radius 3 is 2.19 bits per heavy atom. The molecule has 0 saturated heterocycles. The first kappa shape index (κ1) is 10.2. The van der Waals surface area contributed by atoms with Gasteiger partial charge in [-0.3, -0.25) is 0 Å². The summed E-state index contributed by atoms with van der Waals surface area (Å²) in [6, 6.07) is 3.42. The van der Waals surface area contributed by atoms with Gasteiger partial charge in [-0.1, -0.05) is 6.42 Å². The highest BCUT2D eigenvalue weighted by Crippen LogP contribution is 2.61. The van der Waals surface area contributed by atoms with Crippen molar-refractivity contribution in [2.24, 2.45) is 23.5 Å². The van der Waals surface area contributed by atoms with Gasteiger partial charge in [-0.2, -0.15) is 0 Å². The Hall–Kier alpha value is -0.960. The van der Waals surface area contributed by atoms with E-state index in [0.29, 0.717) is 23.3 Å². The van der Waals surface area contributed by atoms with Crippen LogP contribution in [0.4, 0.5) is 8.78 Å². The summed E-state index contributed by atoms with van der Waals surface area (Å²) in [6.07, 6.45) is 3.76. The molecule has 3 rings (SSSR count). The van der Waals surface area contributed by atoms with Crippen LogP contribution in [0, 0.1) is 29.4 Å². The van der Waals surface area contributed by atoms with Gasteiger partial charge in [0, 0.05) is 12.1 Å². The Kier molecular flexibility index (Phi) is 2.25. The topological polar surface area (TPSA) is 26.0 Å². The fraction of sp³-hybridized carbons (Fsp3) is 0.538. The summed E-state index contributed by atoms with van der Waals surface area (Å²) in [7, 11) is 0. The van der Waals surface area contributed by atoms with E-state index in [2.05, 4.69) is 0 Å². The number of fused-ring (bicyclic) bond motifs is 1. The highest BCUT2D eigenvalue weighted by molar-refractivity contribution is 5.25. The summed E-state index contributed by atoms with van der Waals surface area (Å²) in [5.74, 6) is 0.810. The van der Waals surface area contributed by atoms with Gasteiger partial charge < -0.3 is 5.73 Å². The monoisotopic (exact) mass is 223 g/mol. The predicted molar refractivity (Wildman–Crippen MR) is 57.6 cm³/mol. The molecule has 0 spiro atoms. The molecule has 2 N–H and O–H groups in total. The highest BCUT2D eigenvalue weighted by Gasteiger charge is 2.55. The minimum atomic E-state index is -0.531. The van der Waals surface area contributed by atoms with E-state index >= 15 is 0 Å². The minimum Gasteiger partial charge on any atom is -0.324 e. The van der Waals surface area contributed by atoms with Gasteiger partial charge in [-0.05, 0) is 48.3 Å². The molecule has 3 unspecified atom stereocenters.